The first-order valence-corrected chi connectivity index (χ1v) is 9.94. The molecule has 1 aromatic heterocycles. The van der Waals surface area contributed by atoms with Gasteiger partial charge in [-0.25, -0.2) is 4.79 Å². The second kappa shape index (κ2) is 8.53. The average molecular weight is 390 g/mol. The van der Waals surface area contributed by atoms with Crippen molar-refractivity contribution >= 4 is 22.9 Å². The van der Waals surface area contributed by atoms with Crippen molar-refractivity contribution in [3.05, 3.63) is 70.9 Å². The molecule has 2 N–H and O–H groups in total. The van der Waals surface area contributed by atoms with Crippen LogP contribution in [0.1, 0.15) is 34.7 Å². The van der Waals surface area contributed by atoms with E-state index in [0.717, 1.165) is 42.6 Å². The summed E-state index contributed by atoms with van der Waals surface area (Å²) in [5, 5.41) is 4.96. The van der Waals surface area contributed by atoms with Crippen LogP contribution in [0.25, 0.3) is 17.0 Å². The fourth-order valence-electron chi connectivity index (χ4n) is 4.07. The summed E-state index contributed by atoms with van der Waals surface area (Å²) in [5.41, 5.74) is 6.18. The summed E-state index contributed by atoms with van der Waals surface area (Å²) >= 11 is 0. The van der Waals surface area contributed by atoms with Crippen LogP contribution >= 0.6 is 0 Å². The summed E-state index contributed by atoms with van der Waals surface area (Å²) in [7, 11) is 3.07. The lowest BCUT2D eigenvalue weighted by atomic mass is 10.0. The van der Waals surface area contributed by atoms with Gasteiger partial charge in [-0.1, -0.05) is 18.2 Å². The Morgan fingerprint density at radius 2 is 2.14 bits per heavy atom. The van der Waals surface area contributed by atoms with E-state index in [0.29, 0.717) is 6.04 Å². The molecular weight excluding hydrogens is 364 g/mol. The minimum Gasteiger partial charge on any atom is -0.497 e. The van der Waals surface area contributed by atoms with E-state index in [9.17, 15) is 4.79 Å². The predicted molar refractivity (Wildman–Crippen MR) is 115 cm³/mol. The van der Waals surface area contributed by atoms with Gasteiger partial charge in [0.15, 0.2) is 0 Å². The highest BCUT2D eigenvalue weighted by Crippen LogP contribution is 2.32. The van der Waals surface area contributed by atoms with Crippen LogP contribution in [-0.4, -0.2) is 31.7 Å². The molecule has 5 heteroatoms. The van der Waals surface area contributed by atoms with Crippen LogP contribution in [0.5, 0.6) is 5.75 Å². The van der Waals surface area contributed by atoms with Gasteiger partial charge in [0.2, 0.25) is 0 Å². The van der Waals surface area contributed by atoms with Gasteiger partial charge < -0.3 is 19.8 Å². The first-order chi connectivity index (χ1) is 14.2. The molecular formula is C24H26N2O3. The summed E-state index contributed by atoms with van der Waals surface area (Å²) in [6.45, 7) is 0.924. The van der Waals surface area contributed by atoms with Crippen molar-refractivity contribution in [1.29, 1.82) is 0 Å². The molecule has 150 valence electrons. The Morgan fingerprint density at radius 3 is 2.97 bits per heavy atom. The van der Waals surface area contributed by atoms with E-state index in [1.165, 1.54) is 35.3 Å². The van der Waals surface area contributed by atoms with Crippen LogP contribution in [0.15, 0.2) is 48.7 Å². The third-order valence-corrected chi connectivity index (χ3v) is 5.62. The highest BCUT2D eigenvalue weighted by molar-refractivity contribution is 5.87. The highest BCUT2D eigenvalue weighted by atomic mass is 16.5. The van der Waals surface area contributed by atoms with Crippen LogP contribution < -0.4 is 10.1 Å². The van der Waals surface area contributed by atoms with E-state index in [1.54, 1.807) is 13.2 Å². The van der Waals surface area contributed by atoms with Crippen LogP contribution in [0.2, 0.25) is 0 Å². The van der Waals surface area contributed by atoms with E-state index in [1.807, 2.05) is 12.1 Å². The molecule has 5 nitrogen and oxygen atoms in total. The number of nitrogens with one attached hydrogen (secondary N) is 2. The summed E-state index contributed by atoms with van der Waals surface area (Å²) in [4.78, 5) is 14.6. The van der Waals surface area contributed by atoms with E-state index < -0.39 is 0 Å². The minimum absolute atomic E-state index is 0.333. The van der Waals surface area contributed by atoms with E-state index in [-0.39, 0.29) is 5.97 Å². The molecule has 4 rings (SSSR count). The van der Waals surface area contributed by atoms with Gasteiger partial charge in [-0.3, -0.25) is 0 Å². The Hall–Kier alpha value is -3.05. The van der Waals surface area contributed by atoms with E-state index in [4.69, 9.17) is 4.74 Å². The number of esters is 1. The van der Waals surface area contributed by atoms with Crippen molar-refractivity contribution in [1.82, 2.24) is 10.3 Å². The number of carbonyl (C=O) groups is 1. The van der Waals surface area contributed by atoms with Gasteiger partial charge in [0.1, 0.15) is 5.75 Å². The van der Waals surface area contributed by atoms with E-state index >= 15 is 0 Å². The van der Waals surface area contributed by atoms with Gasteiger partial charge >= 0.3 is 5.97 Å². The largest absolute Gasteiger partial charge is 0.497 e. The number of benzene rings is 2. The molecule has 0 aliphatic heterocycles. The Kier molecular flexibility index (Phi) is 5.67. The molecule has 1 atom stereocenters. The van der Waals surface area contributed by atoms with Crippen LogP contribution in [0.4, 0.5) is 0 Å². The Balaban J connectivity index is 1.37. The Labute approximate surface area is 170 Å². The Bertz CT molecular complexity index is 1050. The number of fused-ring (bicyclic) bond motifs is 2. The molecule has 0 amide bonds. The van der Waals surface area contributed by atoms with Gasteiger partial charge in [-0.05, 0) is 66.3 Å². The zero-order valence-corrected chi connectivity index (χ0v) is 16.8. The SMILES string of the molecule is COC(=O)/C=C/c1ccc2c(c1)CCC2NCCc1c[nH]c2cc(OC)ccc12. The molecule has 2 aromatic carbocycles. The van der Waals surface area contributed by atoms with Crippen LogP contribution in [-0.2, 0) is 22.4 Å². The number of hydrogen-bond acceptors (Lipinski definition) is 4. The number of ether oxygens (including phenoxy) is 2. The van der Waals surface area contributed by atoms with Crippen molar-refractivity contribution in [2.24, 2.45) is 0 Å². The molecule has 0 saturated heterocycles. The summed E-state index contributed by atoms with van der Waals surface area (Å²) in [6.07, 6.45) is 8.48. The lowest BCUT2D eigenvalue weighted by Crippen LogP contribution is -2.21. The summed E-state index contributed by atoms with van der Waals surface area (Å²) in [5.74, 6) is 0.535. The van der Waals surface area contributed by atoms with Gasteiger partial charge in [0.25, 0.3) is 0 Å². The molecule has 1 aliphatic carbocycles. The first kappa shape index (κ1) is 19.3. The van der Waals surface area contributed by atoms with Gasteiger partial charge in [-0.15, -0.1) is 0 Å². The zero-order valence-electron chi connectivity index (χ0n) is 16.8. The third-order valence-electron chi connectivity index (χ3n) is 5.62. The fraction of sp³-hybridized carbons (Fsp3) is 0.292. The second-order valence-electron chi connectivity index (χ2n) is 7.34. The lowest BCUT2D eigenvalue weighted by molar-refractivity contribution is -0.134. The van der Waals surface area contributed by atoms with Crippen molar-refractivity contribution in [2.45, 2.75) is 25.3 Å². The molecule has 0 spiro atoms. The number of rotatable bonds is 7. The normalized spacial score (nSPS) is 15.7. The van der Waals surface area contributed by atoms with Crippen molar-refractivity contribution in [2.75, 3.05) is 20.8 Å². The topological polar surface area (TPSA) is 63.3 Å². The molecule has 0 saturated carbocycles. The quantitative estimate of drug-likeness (QED) is 0.469. The first-order valence-electron chi connectivity index (χ1n) is 9.94. The molecule has 0 fully saturated rings. The Morgan fingerprint density at radius 1 is 1.24 bits per heavy atom. The summed E-state index contributed by atoms with van der Waals surface area (Å²) in [6, 6.07) is 12.9. The van der Waals surface area contributed by atoms with Gasteiger partial charge in [-0.2, -0.15) is 0 Å². The number of aromatic amines is 1. The zero-order chi connectivity index (χ0) is 20.2. The molecule has 0 bridgehead atoms. The number of carbonyl (C=O) groups excluding carboxylic acids is 1. The highest BCUT2D eigenvalue weighted by Gasteiger charge is 2.21. The fourth-order valence-corrected chi connectivity index (χ4v) is 4.07. The van der Waals surface area contributed by atoms with Crippen molar-refractivity contribution in [3.8, 4) is 5.75 Å². The van der Waals surface area contributed by atoms with Crippen molar-refractivity contribution in [3.63, 3.8) is 0 Å². The van der Waals surface area contributed by atoms with Crippen molar-refractivity contribution < 1.29 is 14.3 Å². The second-order valence-corrected chi connectivity index (χ2v) is 7.34. The smallest absolute Gasteiger partial charge is 0.330 e. The monoisotopic (exact) mass is 390 g/mol. The van der Waals surface area contributed by atoms with Gasteiger partial charge in [0.05, 0.1) is 14.2 Å². The van der Waals surface area contributed by atoms with Gasteiger partial charge in [0, 0.05) is 35.3 Å². The molecule has 1 aliphatic rings. The molecule has 0 radical (unpaired) electrons. The van der Waals surface area contributed by atoms with E-state index in [2.05, 4.69) is 45.5 Å². The van der Waals surface area contributed by atoms with Crippen LogP contribution in [0, 0.1) is 0 Å². The number of aryl methyl sites for hydroxylation is 1. The number of methoxy groups -OCH3 is 2. The minimum atomic E-state index is -0.333. The average Bonchev–Trinajstić information content (AvgIpc) is 3.35. The summed E-state index contributed by atoms with van der Waals surface area (Å²) < 4.78 is 9.95. The predicted octanol–water partition coefficient (Wildman–Crippen LogP) is 4.18. The third kappa shape index (κ3) is 4.20. The number of aromatic nitrogens is 1. The molecule has 3 aromatic rings. The molecule has 1 heterocycles. The lowest BCUT2D eigenvalue weighted by Gasteiger charge is -2.14. The molecule has 29 heavy (non-hydrogen) atoms. The van der Waals surface area contributed by atoms with Crippen LogP contribution in [0.3, 0.4) is 0 Å². The maximum atomic E-state index is 11.3. The maximum absolute atomic E-state index is 11.3. The number of hydrogen-bond donors (Lipinski definition) is 2. The number of H-pyrrole nitrogens is 1. The maximum Gasteiger partial charge on any atom is 0.330 e. The molecule has 1 unspecified atom stereocenters. The standard InChI is InChI=1S/C24H26N2O3/c1-28-19-6-8-21-18(15-26-23(21)14-19)11-12-25-22-9-5-17-13-16(3-7-20(17)22)4-10-24(27)29-2/h3-4,6-8,10,13-15,22,25-26H,5,9,11-12H2,1-2H3/b10-4+.